The minimum Gasteiger partial charge on any atom is -0.333 e. The Hall–Kier alpha value is -2.40. The first-order chi connectivity index (χ1) is 11.9. The highest BCUT2D eigenvalue weighted by atomic mass is 35.5. The number of halogens is 2. The normalized spacial score (nSPS) is 10.4. The molecule has 0 fully saturated rings. The van der Waals surface area contributed by atoms with Gasteiger partial charge in [0.1, 0.15) is 5.82 Å². The average molecular weight is 363 g/mol. The lowest BCUT2D eigenvalue weighted by molar-refractivity contribution is -0.132. The quantitative estimate of drug-likeness (QED) is 0.849. The molecule has 0 unspecified atom stereocenters. The van der Waals surface area contributed by atoms with Gasteiger partial charge in [-0.1, -0.05) is 35.9 Å². The predicted octanol–water partition coefficient (Wildman–Crippen LogP) is 3.82. The highest BCUT2D eigenvalue weighted by Crippen LogP contribution is 2.22. The van der Waals surface area contributed by atoms with E-state index in [0.29, 0.717) is 22.7 Å². The molecular weight excluding hydrogens is 343 g/mol. The first kappa shape index (κ1) is 18.9. The zero-order valence-electron chi connectivity index (χ0n) is 14.2. The zero-order chi connectivity index (χ0) is 18.4. The average Bonchev–Trinajstić information content (AvgIpc) is 2.57. The Morgan fingerprint density at radius 1 is 1.16 bits per heavy atom. The van der Waals surface area contributed by atoms with E-state index in [9.17, 15) is 14.0 Å². The number of rotatable bonds is 6. The van der Waals surface area contributed by atoms with Crippen LogP contribution in [0.1, 0.15) is 18.1 Å². The first-order valence-electron chi connectivity index (χ1n) is 7.92. The third kappa shape index (κ3) is 5.29. The zero-order valence-corrected chi connectivity index (χ0v) is 14.9. The summed E-state index contributed by atoms with van der Waals surface area (Å²) in [5.74, 6) is -0.881. The second kappa shape index (κ2) is 8.62. The number of carbonyl (C=O) groups excluding carboxylic acids is 2. The van der Waals surface area contributed by atoms with Crippen LogP contribution in [0.5, 0.6) is 0 Å². The molecule has 6 heteroatoms. The molecule has 2 amide bonds. The smallest absolute Gasteiger partial charge is 0.244 e. The van der Waals surface area contributed by atoms with Gasteiger partial charge in [0, 0.05) is 24.2 Å². The Labute approximate surface area is 151 Å². The van der Waals surface area contributed by atoms with E-state index in [2.05, 4.69) is 5.32 Å². The Morgan fingerprint density at radius 3 is 2.56 bits per heavy atom. The van der Waals surface area contributed by atoms with Crippen LogP contribution in [0.15, 0.2) is 42.5 Å². The van der Waals surface area contributed by atoms with Crippen LogP contribution in [-0.2, 0) is 16.0 Å². The minimum absolute atomic E-state index is 0.101. The summed E-state index contributed by atoms with van der Waals surface area (Å²) >= 11 is 6.03. The summed E-state index contributed by atoms with van der Waals surface area (Å²) in [5, 5.41) is 3.31. The van der Waals surface area contributed by atoms with Crippen molar-refractivity contribution in [2.45, 2.75) is 20.3 Å². The van der Waals surface area contributed by atoms with Gasteiger partial charge in [-0.25, -0.2) is 4.39 Å². The van der Waals surface area contributed by atoms with E-state index in [1.807, 2.05) is 0 Å². The molecule has 0 aliphatic carbocycles. The highest BCUT2D eigenvalue weighted by molar-refractivity contribution is 6.31. The number of carbonyl (C=O) groups is 2. The van der Waals surface area contributed by atoms with Crippen molar-refractivity contribution in [3.8, 4) is 0 Å². The highest BCUT2D eigenvalue weighted by Gasteiger charge is 2.15. The first-order valence-corrected chi connectivity index (χ1v) is 8.30. The Balaban J connectivity index is 1.99. The number of benzene rings is 2. The van der Waals surface area contributed by atoms with Gasteiger partial charge in [0.15, 0.2) is 0 Å². The van der Waals surface area contributed by atoms with Crippen LogP contribution in [0.3, 0.4) is 0 Å². The van der Waals surface area contributed by atoms with Gasteiger partial charge in [-0.05, 0) is 42.7 Å². The van der Waals surface area contributed by atoms with Gasteiger partial charge in [0.05, 0.1) is 6.54 Å². The summed E-state index contributed by atoms with van der Waals surface area (Å²) in [4.78, 5) is 25.4. The number of hydrogen-bond acceptors (Lipinski definition) is 2. The molecule has 0 aromatic heterocycles. The Bertz CT molecular complexity index is 780. The van der Waals surface area contributed by atoms with Crippen LogP contribution in [0, 0.1) is 12.7 Å². The molecular formula is C19H20ClFN2O2. The van der Waals surface area contributed by atoms with Gasteiger partial charge in [0.25, 0.3) is 0 Å². The van der Waals surface area contributed by atoms with Gasteiger partial charge >= 0.3 is 0 Å². The summed E-state index contributed by atoms with van der Waals surface area (Å²) in [6.07, 6.45) is 0.343. The van der Waals surface area contributed by atoms with E-state index in [1.54, 1.807) is 43.3 Å². The standard InChI is InChI=1S/C19H20ClFN2O2/c1-13-16(20)7-5-9-18(13)22-19(25)12-23(14(2)24)11-10-15-6-3-4-8-17(15)21/h3-9H,10-12H2,1-2H3,(H,22,25). The molecule has 25 heavy (non-hydrogen) atoms. The molecule has 4 nitrogen and oxygen atoms in total. The van der Waals surface area contributed by atoms with Crippen molar-refractivity contribution in [2.75, 3.05) is 18.4 Å². The van der Waals surface area contributed by atoms with E-state index in [1.165, 1.54) is 17.9 Å². The minimum atomic E-state index is -0.325. The molecule has 0 saturated carbocycles. The number of amides is 2. The van der Waals surface area contributed by atoms with Crippen LogP contribution >= 0.6 is 11.6 Å². The molecule has 0 aliphatic heterocycles. The second-order valence-electron chi connectivity index (χ2n) is 5.74. The van der Waals surface area contributed by atoms with Gasteiger partial charge in [-0.15, -0.1) is 0 Å². The molecule has 2 aromatic carbocycles. The van der Waals surface area contributed by atoms with Crippen molar-refractivity contribution >= 4 is 29.1 Å². The van der Waals surface area contributed by atoms with E-state index >= 15 is 0 Å². The van der Waals surface area contributed by atoms with Crippen LogP contribution in [-0.4, -0.2) is 29.8 Å². The lowest BCUT2D eigenvalue weighted by atomic mass is 10.1. The molecule has 0 atom stereocenters. The molecule has 0 aliphatic rings. The van der Waals surface area contributed by atoms with Crippen LogP contribution in [0.2, 0.25) is 5.02 Å². The van der Waals surface area contributed by atoms with E-state index < -0.39 is 0 Å². The molecule has 2 rings (SSSR count). The number of hydrogen-bond donors (Lipinski definition) is 1. The summed E-state index contributed by atoms with van der Waals surface area (Å²) in [7, 11) is 0. The van der Waals surface area contributed by atoms with Gasteiger partial charge < -0.3 is 10.2 Å². The monoisotopic (exact) mass is 362 g/mol. The largest absolute Gasteiger partial charge is 0.333 e. The fourth-order valence-corrected chi connectivity index (χ4v) is 2.58. The summed E-state index contributed by atoms with van der Waals surface area (Å²) in [6.45, 7) is 3.35. The third-order valence-corrected chi connectivity index (χ3v) is 4.34. The van der Waals surface area contributed by atoms with Crippen molar-refractivity contribution in [3.05, 3.63) is 64.4 Å². The van der Waals surface area contributed by atoms with Crippen molar-refractivity contribution in [1.82, 2.24) is 4.90 Å². The number of nitrogens with zero attached hydrogens (tertiary/aromatic N) is 1. The van der Waals surface area contributed by atoms with Crippen molar-refractivity contribution in [3.63, 3.8) is 0 Å². The van der Waals surface area contributed by atoms with Crippen molar-refractivity contribution in [1.29, 1.82) is 0 Å². The third-order valence-electron chi connectivity index (χ3n) is 3.93. The molecule has 1 N–H and O–H groups in total. The molecule has 132 valence electrons. The summed E-state index contributed by atoms with van der Waals surface area (Å²) in [5.41, 5.74) is 1.88. The lowest BCUT2D eigenvalue weighted by Gasteiger charge is -2.21. The predicted molar refractivity (Wildman–Crippen MR) is 97.2 cm³/mol. The van der Waals surface area contributed by atoms with Gasteiger partial charge in [-0.3, -0.25) is 9.59 Å². The maximum Gasteiger partial charge on any atom is 0.244 e. The maximum atomic E-state index is 13.7. The van der Waals surface area contributed by atoms with Crippen molar-refractivity contribution in [2.24, 2.45) is 0 Å². The Kier molecular flexibility index (Phi) is 6.53. The Morgan fingerprint density at radius 2 is 1.88 bits per heavy atom. The maximum absolute atomic E-state index is 13.7. The lowest BCUT2D eigenvalue weighted by Crippen LogP contribution is -2.38. The molecule has 2 aromatic rings. The topological polar surface area (TPSA) is 49.4 Å². The number of nitrogens with one attached hydrogen (secondary N) is 1. The summed E-state index contributed by atoms with van der Waals surface area (Å²) in [6, 6.07) is 11.6. The van der Waals surface area contributed by atoms with Crippen LogP contribution in [0.25, 0.3) is 0 Å². The molecule has 0 spiro atoms. The van der Waals surface area contributed by atoms with Gasteiger partial charge in [0.2, 0.25) is 11.8 Å². The fourth-order valence-electron chi connectivity index (χ4n) is 2.41. The molecule has 0 saturated heterocycles. The molecule has 0 heterocycles. The van der Waals surface area contributed by atoms with Crippen molar-refractivity contribution < 1.29 is 14.0 Å². The molecule has 0 bridgehead atoms. The van der Waals surface area contributed by atoms with Crippen LogP contribution < -0.4 is 5.32 Å². The molecule has 0 radical (unpaired) electrons. The van der Waals surface area contributed by atoms with Crippen LogP contribution in [0.4, 0.5) is 10.1 Å². The van der Waals surface area contributed by atoms with E-state index in [4.69, 9.17) is 11.6 Å². The van der Waals surface area contributed by atoms with Gasteiger partial charge in [-0.2, -0.15) is 0 Å². The number of anilines is 1. The van der Waals surface area contributed by atoms with E-state index in [0.717, 1.165) is 5.56 Å². The fraction of sp³-hybridized carbons (Fsp3) is 0.263. The second-order valence-corrected chi connectivity index (χ2v) is 6.15. The SMILES string of the molecule is CC(=O)N(CCc1ccccc1F)CC(=O)Nc1cccc(Cl)c1C. The van der Waals surface area contributed by atoms with E-state index in [-0.39, 0.29) is 30.7 Å². The summed E-state index contributed by atoms with van der Waals surface area (Å²) < 4.78 is 13.7.